The molecule has 2 unspecified atom stereocenters. The van der Waals surface area contributed by atoms with Crippen LogP contribution in [0.5, 0.6) is 0 Å². The summed E-state index contributed by atoms with van der Waals surface area (Å²) in [6.45, 7) is 0. The molecule has 2 aliphatic rings. The van der Waals surface area contributed by atoms with E-state index in [0.29, 0.717) is 6.04 Å². The Kier molecular flexibility index (Phi) is 5.74. The van der Waals surface area contributed by atoms with Crippen molar-refractivity contribution in [1.82, 2.24) is 5.32 Å². The van der Waals surface area contributed by atoms with Gasteiger partial charge >= 0.3 is 0 Å². The molecule has 0 aromatic heterocycles. The van der Waals surface area contributed by atoms with Crippen molar-refractivity contribution in [3.05, 3.63) is 35.9 Å². The highest BCUT2D eigenvalue weighted by molar-refractivity contribution is 5.22. The van der Waals surface area contributed by atoms with Gasteiger partial charge in [0, 0.05) is 12.1 Å². The maximum absolute atomic E-state index is 4.07. The molecule has 1 aromatic carbocycles. The molecule has 0 radical (unpaired) electrons. The number of hydrogen-bond acceptors (Lipinski definition) is 1. The number of benzene rings is 1. The van der Waals surface area contributed by atoms with E-state index in [2.05, 4.69) is 35.6 Å². The molecule has 0 saturated heterocycles. The van der Waals surface area contributed by atoms with E-state index in [9.17, 15) is 0 Å². The summed E-state index contributed by atoms with van der Waals surface area (Å²) in [7, 11) is 0. The van der Waals surface area contributed by atoms with Gasteiger partial charge in [-0.1, -0.05) is 75.3 Å². The van der Waals surface area contributed by atoms with Crippen LogP contribution < -0.4 is 5.32 Å². The van der Waals surface area contributed by atoms with Crippen LogP contribution in [0.15, 0.2) is 30.3 Å². The van der Waals surface area contributed by atoms with Crippen molar-refractivity contribution >= 4 is 0 Å². The van der Waals surface area contributed by atoms with Crippen molar-refractivity contribution in [2.75, 3.05) is 0 Å². The van der Waals surface area contributed by atoms with Gasteiger partial charge in [-0.2, -0.15) is 0 Å². The first-order chi connectivity index (χ1) is 10.4. The van der Waals surface area contributed by atoms with Crippen LogP contribution in [0.25, 0.3) is 0 Å². The molecular formula is C20H31N. The van der Waals surface area contributed by atoms with Gasteiger partial charge in [-0.3, -0.25) is 0 Å². The standard InChI is InChI=1S/C20H31N/c1-2-7-13-18(14-8-3-1)21-20-16-10-9-15-19(20)17-11-5-4-6-12-17/h4-6,11-12,18-21H,1-3,7-10,13-16H2. The van der Waals surface area contributed by atoms with Crippen LogP contribution in [-0.4, -0.2) is 12.1 Å². The molecular weight excluding hydrogens is 254 g/mol. The molecule has 0 bridgehead atoms. The van der Waals surface area contributed by atoms with Crippen LogP contribution in [0.2, 0.25) is 0 Å². The van der Waals surface area contributed by atoms with Crippen LogP contribution in [0.1, 0.15) is 82.1 Å². The van der Waals surface area contributed by atoms with Gasteiger partial charge in [0.1, 0.15) is 0 Å². The van der Waals surface area contributed by atoms with Gasteiger partial charge in [0.25, 0.3) is 0 Å². The Morgan fingerprint density at radius 1 is 0.667 bits per heavy atom. The molecule has 2 aliphatic carbocycles. The van der Waals surface area contributed by atoms with Gasteiger partial charge in [-0.25, -0.2) is 0 Å². The summed E-state index contributed by atoms with van der Waals surface area (Å²) in [5.41, 5.74) is 1.56. The summed E-state index contributed by atoms with van der Waals surface area (Å²) in [5, 5.41) is 4.07. The molecule has 0 amide bonds. The Morgan fingerprint density at radius 2 is 1.29 bits per heavy atom. The van der Waals surface area contributed by atoms with Gasteiger partial charge in [0.15, 0.2) is 0 Å². The van der Waals surface area contributed by atoms with E-state index in [-0.39, 0.29) is 0 Å². The van der Waals surface area contributed by atoms with E-state index < -0.39 is 0 Å². The number of hydrogen-bond donors (Lipinski definition) is 1. The zero-order valence-corrected chi connectivity index (χ0v) is 13.4. The average Bonchev–Trinajstić information content (AvgIpc) is 2.51. The second kappa shape index (κ2) is 7.98. The van der Waals surface area contributed by atoms with Crippen LogP contribution in [0.3, 0.4) is 0 Å². The lowest BCUT2D eigenvalue weighted by molar-refractivity contribution is 0.273. The molecule has 1 nitrogen and oxygen atoms in total. The first-order valence-corrected chi connectivity index (χ1v) is 9.24. The third kappa shape index (κ3) is 4.32. The predicted molar refractivity (Wildman–Crippen MR) is 90.7 cm³/mol. The molecule has 3 rings (SSSR count). The van der Waals surface area contributed by atoms with Crippen molar-refractivity contribution in [1.29, 1.82) is 0 Å². The highest BCUT2D eigenvalue weighted by atomic mass is 15.0. The van der Waals surface area contributed by atoms with E-state index in [0.717, 1.165) is 12.0 Å². The van der Waals surface area contributed by atoms with Crippen molar-refractivity contribution in [3.8, 4) is 0 Å². The average molecular weight is 285 g/mol. The van der Waals surface area contributed by atoms with E-state index in [1.54, 1.807) is 5.56 Å². The third-order valence-electron chi connectivity index (χ3n) is 5.55. The predicted octanol–water partition coefficient (Wildman–Crippen LogP) is 5.42. The van der Waals surface area contributed by atoms with E-state index in [4.69, 9.17) is 0 Å². The fourth-order valence-electron chi connectivity index (χ4n) is 4.36. The fourth-order valence-corrected chi connectivity index (χ4v) is 4.36. The summed E-state index contributed by atoms with van der Waals surface area (Å²) in [6, 6.07) is 12.7. The van der Waals surface area contributed by atoms with E-state index in [1.807, 2.05) is 0 Å². The minimum Gasteiger partial charge on any atom is -0.311 e. The summed E-state index contributed by atoms with van der Waals surface area (Å²) < 4.78 is 0. The van der Waals surface area contributed by atoms with Crippen LogP contribution in [-0.2, 0) is 0 Å². The second-order valence-corrected chi connectivity index (χ2v) is 7.12. The molecule has 21 heavy (non-hydrogen) atoms. The van der Waals surface area contributed by atoms with Crippen molar-refractivity contribution in [2.45, 2.75) is 88.6 Å². The minimum absolute atomic E-state index is 0.713. The maximum atomic E-state index is 4.07. The van der Waals surface area contributed by atoms with Crippen LogP contribution in [0, 0.1) is 0 Å². The molecule has 1 aromatic rings. The van der Waals surface area contributed by atoms with Crippen molar-refractivity contribution in [2.24, 2.45) is 0 Å². The third-order valence-corrected chi connectivity index (χ3v) is 5.55. The largest absolute Gasteiger partial charge is 0.311 e. The smallest absolute Gasteiger partial charge is 0.0138 e. The Hall–Kier alpha value is -0.820. The van der Waals surface area contributed by atoms with Gasteiger partial charge in [-0.05, 0) is 37.2 Å². The lowest BCUT2D eigenvalue weighted by Crippen LogP contribution is -2.43. The molecule has 116 valence electrons. The summed E-state index contributed by atoms with van der Waals surface area (Å²) >= 11 is 0. The van der Waals surface area contributed by atoms with Crippen LogP contribution >= 0.6 is 0 Å². The Morgan fingerprint density at radius 3 is 2.05 bits per heavy atom. The molecule has 2 fully saturated rings. The van der Waals surface area contributed by atoms with Crippen molar-refractivity contribution in [3.63, 3.8) is 0 Å². The monoisotopic (exact) mass is 285 g/mol. The highest BCUT2D eigenvalue weighted by Crippen LogP contribution is 2.34. The quantitative estimate of drug-likeness (QED) is 0.782. The van der Waals surface area contributed by atoms with E-state index >= 15 is 0 Å². The maximum Gasteiger partial charge on any atom is 0.0138 e. The molecule has 2 atom stereocenters. The molecule has 2 saturated carbocycles. The van der Waals surface area contributed by atoms with Gasteiger partial charge in [-0.15, -0.1) is 0 Å². The minimum atomic E-state index is 0.713. The molecule has 0 aliphatic heterocycles. The van der Waals surface area contributed by atoms with Crippen molar-refractivity contribution < 1.29 is 0 Å². The zero-order chi connectivity index (χ0) is 14.3. The normalized spacial score (nSPS) is 28.8. The summed E-state index contributed by atoms with van der Waals surface area (Å²) in [4.78, 5) is 0. The first-order valence-electron chi connectivity index (χ1n) is 9.24. The zero-order valence-electron chi connectivity index (χ0n) is 13.4. The molecule has 0 spiro atoms. The lowest BCUT2D eigenvalue weighted by atomic mass is 9.79. The van der Waals surface area contributed by atoms with Crippen LogP contribution in [0.4, 0.5) is 0 Å². The summed E-state index contributed by atoms with van der Waals surface area (Å²) in [6.07, 6.45) is 15.6. The lowest BCUT2D eigenvalue weighted by Gasteiger charge is -2.36. The number of nitrogens with one attached hydrogen (secondary N) is 1. The van der Waals surface area contributed by atoms with Gasteiger partial charge < -0.3 is 5.32 Å². The summed E-state index contributed by atoms with van der Waals surface area (Å²) in [5.74, 6) is 0.741. The number of rotatable bonds is 3. The Bertz CT molecular complexity index is 392. The Labute approximate surface area is 130 Å². The fraction of sp³-hybridized carbons (Fsp3) is 0.700. The SMILES string of the molecule is c1ccc(C2CCCCC2NC2CCCCCCC2)cc1. The van der Waals surface area contributed by atoms with E-state index in [1.165, 1.54) is 70.6 Å². The molecule has 0 heterocycles. The first kappa shape index (κ1) is 15.1. The Balaban J connectivity index is 1.63. The van der Waals surface area contributed by atoms with Gasteiger partial charge in [0.2, 0.25) is 0 Å². The highest BCUT2D eigenvalue weighted by Gasteiger charge is 2.28. The molecule has 1 N–H and O–H groups in total. The van der Waals surface area contributed by atoms with Gasteiger partial charge in [0.05, 0.1) is 0 Å². The second-order valence-electron chi connectivity index (χ2n) is 7.12. The molecule has 1 heteroatoms. The topological polar surface area (TPSA) is 12.0 Å².